The summed E-state index contributed by atoms with van der Waals surface area (Å²) < 4.78 is 33.1. The number of amides is 1. The molecule has 9 heteroatoms. The lowest BCUT2D eigenvalue weighted by atomic mass is 9.96. The molecule has 0 saturated carbocycles. The molecule has 1 fully saturated rings. The van der Waals surface area contributed by atoms with Crippen LogP contribution in [-0.4, -0.2) is 45.4 Å². The third kappa shape index (κ3) is 4.76. The monoisotopic (exact) mass is 450 g/mol. The lowest BCUT2D eigenvalue weighted by Gasteiger charge is -2.30. The second-order valence-corrected chi connectivity index (χ2v) is 9.21. The number of nitrogens with zero attached hydrogens (tertiary/aromatic N) is 1. The first kappa shape index (κ1) is 22.1. The number of nitrogens with one attached hydrogen (secondary N) is 1. The molecule has 0 unspecified atom stereocenters. The number of ether oxygens (including phenoxy) is 1. The summed E-state index contributed by atoms with van der Waals surface area (Å²) in [5.74, 6) is -0.801. The van der Waals surface area contributed by atoms with Gasteiger partial charge in [0, 0.05) is 18.7 Å². The molecule has 0 aromatic heterocycles. The van der Waals surface area contributed by atoms with Gasteiger partial charge in [-0.25, -0.2) is 8.42 Å². The van der Waals surface area contributed by atoms with Gasteiger partial charge in [-0.15, -0.1) is 0 Å². The van der Waals surface area contributed by atoms with Crippen molar-refractivity contribution in [2.24, 2.45) is 5.92 Å². The van der Waals surface area contributed by atoms with E-state index < -0.39 is 10.0 Å². The molecule has 1 N–H and O–H groups in total. The minimum absolute atomic E-state index is 0.0250. The summed E-state index contributed by atoms with van der Waals surface area (Å²) in [5.41, 5.74) is 1.43. The summed E-state index contributed by atoms with van der Waals surface area (Å²) in [6, 6.07) is 11.2. The van der Waals surface area contributed by atoms with Gasteiger partial charge in [-0.05, 0) is 49.6 Å². The molecular weight excluding hydrogens is 428 g/mol. The number of halogens is 1. The number of carbonyl (C=O) groups is 2. The summed E-state index contributed by atoms with van der Waals surface area (Å²) in [6.07, 6.45) is 1.01. The van der Waals surface area contributed by atoms with Gasteiger partial charge in [-0.3, -0.25) is 14.3 Å². The van der Waals surface area contributed by atoms with Crippen LogP contribution in [0.2, 0.25) is 5.02 Å². The first-order valence-corrected chi connectivity index (χ1v) is 11.3. The van der Waals surface area contributed by atoms with Gasteiger partial charge in [0.2, 0.25) is 0 Å². The predicted octanol–water partition coefficient (Wildman–Crippen LogP) is 3.47. The molecule has 0 radical (unpaired) electrons. The van der Waals surface area contributed by atoms with Crippen LogP contribution in [0.15, 0.2) is 47.4 Å². The minimum atomic E-state index is -3.99. The lowest BCUT2D eigenvalue weighted by Crippen LogP contribution is -2.40. The van der Waals surface area contributed by atoms with E-state index in [0.29, 0.717) is 31.6 Å². The Bertz CT molecular complexity index is 1060. The molecule has 1 saturated heterocycles. The van der Waals surface area contributed by atoms with Gasteiger partial charge in [0.25, 0.3) is 15.9 Å². The fourth-order valence-corrected chi connectivity index (χ4v) is 5.05. The number of hydrogen-bond donors (Lipinski definition) is 1. The lowest BCUT2D eigenvalue weighted by molar-refractivity contribution is -0.146. The van der Waals surface area contributed by atoms with Crippen molar-refractivity contribution in [3.8, 4) is 0 Å². The number of carbonyl (C=O) groups excluding carboxylic acids is 2. The molecule has 0 atom stereocenters. The fraction of sp³-hybridized carbons (Fsp3) is 0.333. The highest BCUT2D eigenvalue weighted by molar-refractivity contribution is 7.92. The number of hydrogen-bond acceptors (Lipinski definition) is 5. The van der Waals surface area contributed by atoms with Crippen LogP contribution in [0.25, 0.3) is 0 Å². The fourth-order valence-electron chi connectivity index (χ4n) is 3.40. The number of benzene rings is 2. The highest BCUT2D eigenvalue weighted by atomic mass is 35.5. The molecule has 0 bridgehead atoms. The van der Waals surface area contributed by atoms with Crippen molar-refractivity contribution >= 4 is 39.2 Å². The Morgan fingerprint density at radius 2 is 1.80 bits per heavy atom. The van der Waals surface area contributed by atoms with Crippen LogP contribution in [0.3, 0.4) is 0 Å². The molecule has 7 nitrogen and oxygen atoms in total. The zero-order valence-corrected chi connectivity index (χ0v) is 18.3. The molecule has 0 spiro atoms. The Morgan fingerprint density at radius 3 is 2.43 bits per heavy atom. The standard InChI is InChI=1S/C21H23ClN2O5S/c1-14-5-3-4-6-18(14)23-30(27,28)19-13-16(7-8-17(19)22)20(25)24-11-9-15(10-12-24)21(26)29-2/h3-8,13,15,23H,9-12H2,1-2H3. The Hall–Kier alpha value is -2.58. The van der Waals surface area contributed by atoms with Crippen LogP contribution in [0, 0.1) is 12.8 Å². The van der Waals surface area contributed by atoms with E-state index >= 15 is 0 Å². The number of esters is 1. The number of aryl methyl sites for hydroxylation is 1. The van der Waals surface area contributed by atoms with Crippen molar-refractivity contribution in [2.45, 2.75) is 24.7 Å². The van der Waals surface area contributed by atoms with Crippen molar-refractivity contribution in [1.82, 2.24) is 4.90 Å². The van der Waals surface area contributed by atoms with E-state index in [1.54, 1.807) is 30.0 Å². The van der Waals surface area contributed by atoms with Crippen molar-refractivity contribution in [3.05, 3.63) is 58.6 Å². The Balaban J connectivity index is 1.80. The molecular formula is C21H23ClN2O5S. The molecule has 1 amide bonds. The van der Waals surface area contributed by atoms with E-state index in [-0.39, 0.29) is 33.3 Å². The van der Waals surface area contributed by atoms with Crippen LogP contribution in [-0.2, 0) is 19.6 Å². The van der Waals surface area contributed by atoms with Crippen LogP contribution in [0.5, 0.6) is 0 Å². The van der Waals surface area contributed by atoms with Crippen molar-refractivity contribution in [1.29, 1.82) is 0 Å². The number of likely N-dealkylation sites (tertiary alicyclic amines) is 1. The molecule has 0 aliphatic carbocycles. The number of piperidine rings is 1. The van der Waals surface area contributed by atoms with Gasteiger partial charge in [0.15, 0.2) is 0 Å². The third-order valence-corrected chi connectivity index (χ3v) is 7.02. The molecule has 160 valence electrons. The summed E-state index contributed by atoms with van der Waals surface area (Å²) in [6.45, 7) is 2.58. The highest BCUT2D eigenvalue weighted by Gasteiger charge is 2.29. The predicted molar refractivity (Wildman–Crippen MR) is 114 cm³/mol. The molecule has 2 aromatic rings. The van der Waals surface area contributed by atoms with E-state index in [4.69, 9.17) is 16.3 Å². The van der Waals surface area contributed by atoms with Gasteiger partial charge in [0.1, 0.15) is 4.90 Å². The maximum Gasteiger partial charge on any atom is 0.308 e. The van der Waals surface area contributed by atoms with Crippen LogP contribution < -0.4 is 4.72 Å². The molecule has 30 heavy (non-hydrogen) atoms. The van der Waals surface area contributed by atoms with E-state index in [1.807, 2.05) is 6.07 Å². The van der Waals surface area contributed by atoms with Gasteiger partial charge in [-0.2, -0.15) is 0 Å². The average molecular weight is 451 g/mol. The quantitative estimate of drug-likeness (QED) is 0.704. The number of para-hydroxylation sites is 1. The zero-order valence-electron chi connectivity index (χ0n) is 16.7. The summed E-state index contributed by atoms with van der Waals surface area (Å²) in [4.78, 5) is 26.0. The minimum Gasteiger partial charge on any atom is -0.469 e. The number of sulfonamides is 1. The molecule has 1 heterocycles. The smallest absolute Gasteiger partial charge is 0.308 e. The maximum absolute atomic E-state index is 12.9. The van der Waals surface area contributed by atoms with E-state index in [1.165, 1.54) is 25.3 Å². The second kappa shape index (κ2) is 9.06. The summed E-state index contributed by atoms with van der Waals surface area (Å²) in [5, 5.41) is 0.0250. The zero-order chi connectivity index (χ0) is 21.9. The Kier molecular flexibility index (Phi) is 6.67. The van der Waals surface area contributed by atoms with Gasteiger partial charge in [-0.1, -0.05) is 29.8 Å². The molecule has 2 aromatic carbocycles. The van der Waals surface area contributed by atoms with E-state index in [0.717, 1.165) is 5.56 Å². The molecule has 1 aliphatic rings. The van der Waals surface area contributed by atoms with Gasteiger partial charge < -0.3 is 9.64 Å². The van der Waals surface area contributed by atoms with Crippen LogP contribution in [0.4, 0.5) is 5.69 Å². The van der Waals surface area contributed by atoms with Crippen molar-refractivity contribution < 1.29 is 22.7 Å². The van der Waals surface area contributed by atoms with Crippen molar-refractivity contribution in [2.75, 3.05) is 24.9 Å². The Morgan fingerprint density at radius 1 is 1.13 bits per heavy atom. The number of rotatable bonds is 5. The van der Waals surface area contributed by atoms with Gasteiger partial charge >= 0.3 is 5.97 Å². The van der Waals surface area contributed by atoms with E-state index in [2.05, 4.69) is 4.72 Å². The Labute approximate surface area is 181 Å². The third-order valence-electron chi connectivity index (χ3n) is 5.17. The molecule has 1 aliphatic heterocycles. The van der Waals surface area contributed by atoms with Crippen LogP contribution in [0.1, 0.15) is 28.8 Å². The number of methoxy groups -OCH3 is 1. The first-order chi connectivity index (χ1) is 14.2. The van der Waals surface area contributed by atoms with E-state index in [9.17, 15) is 18.0 Å². The highest BCUT2D eigenvalue weighted by Crippen LogP contribution is 2.27. The summed E-state index contributed by atoms with van der Waals surface area (Å²) >= 11 is 6.15. The SMILES string of the molecule is COC(=O)C1CCN(C(=O)c2ccc(Cl)c(S(=O)(=O)Nc3ccccc3C)c2)CC1. The average Bonchev–Trinajstić information content (AvgIpc) is 2.74. The molecule has 3 rings (SSSR count). The first-order valence-electron chi connectivity index (χ1n) is 9.48. The normalized spacial score (nSPS) is 15.0. The largest absolute Gasteiger partial charge is 0.469 e. The van der Waals surface area contributed by atoms with Crippen molar-refractivity contribution in [3.63, 3.8) is 0 Å². The van der Waals surface area contributed by atoms with Crippen LogP contribution >= 0.6 is 11.6 Å². The van der Waals surface area contributed by atoms with Gasteiger partial charge in [0.05, 0.1) is 23.7 Å². The number of anilines is 1. The summed E-state index contributed by atoms with van der Waals surface area (Å²) in [7, 11) is -2.64. The topological polar surface area (TPSA) is 92.8 Å². The maximum atomic E-state index is 12.9. The second-order valence-electron chi connectivity index (χ2n) is 7.16.